The van der Waals surface area contributed by atoms with Crippen LogP contribution in [-0.2, 0) is 14.9 Å². The number of fused-ring (bicyclic) bond motifs is 1. The maximum absolute atomic E-state index is 14.1. The van der Waals surface area contributed by atoms with Gasteiger partial charge in [0.25, 0.3) is 11.7 Å². The molecule has 1 saturated carbocycles. The highest BCUT2D eigenvalue weighted by Crippen LogP contribution is 2.43. The van der Waals surface area contributed by atoms with Crippen LogP contribution in [0.25, 0.3) is 5.78 Å². The molecule has 4 aliphatic rings. The van der Waals surface area contributed by atoms with Crippen LogP contribution < -0.4 is 5.32 Å². The second-order valence-electron chi connectivity index (χ2n) is 13.2. The highest BCUT2D eigenvalue weighted by molar-refractivity contribution is 5.93. The Balaban J connectivity index is 1.19. The van der Waals surface area contributed by atoms with E-state index in [2.05, 4.69) is 35.2 Å². The molecule has 0 bridgehead atoms. The van der Waals surface area contributed by atoms with Gasteiger partial charge in [-0.05, 0) is 43.7 Å². The van der Waals surface area contributed by atoms with Gasteiger partial charge in [-0.1, -0.05) is 5.16 Å². The Kier molecular flexibility index (Phi) is 7.92. The first-order valence-corrected chi connectivity index (χ1v) is 15.7. The normalized spacial score (nSPS) is 23.3. The van der Waals surface area contributed by atoms with E-state index in [1.807, 2.05) is 0 Å². The number of alkyl halides is 5. The van der Waals surface area contributed by atoms with Crippen molar-refractivity contribution in [3.63, 3.8) is 0 Å². The van der Waals surface area contributed by atoms with Crippen LogP contribution in [0.15, 0.2) is 17.0 Å². The molecule has 0 radical (unpaired) electrons. The molecule has 254 valence electrons. The Labute approximate surface area is 265 Å². The fraction of sp³-hybridized carbons (Fsp3) is 0.690. The Morgan fingerprint density at radius 2 is 1.74 bits per heavy atom. The van der Waals surface area contributed by atoms with E-state index in [1.165, 1.54) is 15.6 Å². The van der Waals surface area contributed by atoms with Gasteiger partial charge < -0.3 is 15.0 Å². The average molecular weight is 668 g/mol. The molecule has 4 fully saturated rings. The molecule has 3 aromatic rings. The molecule has 2 amide bonds. The van der Waals surface area contributed by atoms with Crippen LogP contribution in [0.2, 0.25) is 0 Å². The summed E-state index contributed by atoms with van der Waals surface area (Å²) in [6, 6.07) is -0.570. The first-order valence-electron chi connectivity index (χ1n) is 15.7. The highest BCUT2D eigenvalue weighted by Gasteiger charge is 2.54. The zero-order valence-electron chi connectivity index (χ0n) is 25.5. The lowest BCUT2D eigenvalue weighted by atomic mass is 9.73. The number of piperidine rings is 1. The third-order valence-electron chi connectivity index (χ3n) is 10.2. The van der Waals surface area contributed by atoms with Crippen molar-refractivity contribution in [2.45, 2.75) is 75.0 Å². The maximum Gasteiger partial charge on any atom is 0.395 e. The van der Waals surface area contributed by atoms with E-state index < -0.39 is 54.4 Å². The van der Waals surface area contributed by atoms with Gasteiger partial charge in [0.15, 0.2) is 5.69 Å². The Hall–Kier alpha value is -3.80. The number of imidazole rings is 1. The van der Waals surface area contributed by atoms with Gasteiger partial charge in [-0.25, -0.2) is 27.9 Å². The number of aromatic nitrogens is 6. The van der Waals surface area contributed by atoms with E-state index in [4.69, 9.17) is 9.72 Å². The van der Waals surface area contributed by atoms with Gasteiger partial charge in [-0.3, -0.25) is 14.5 Å². The number of carbonyl (C=O) groups is 2. The fourth-order valence-electron chi connectivity index (χ4n) is 7.09. The summed E-state index contributed by atoms with van der Waals surface area (Å²) in [5.41, 5.74) is -0.366. The fourth-order valence-corrected chi connectivity index (χ4v) is 7.09. The Morgan fingerprint density at radius 3 is 2.34 bits per heavy atom. The SMILES string of the molecule is Cc1nonc1C(=O)N[C@H](c1cn2ncc(C3(C(=O)N4CC(C(F)(F)F)C4)CCN(C4COC4)CC3)nc2n1)C1CCC(F)(F)CC1. The van der Waals surface area contributed by atoms with Crippen LogP contribution in [0.3, 0.4) is 0 Å². The number of hydrogen-bond acceptors (Lipinski definition) is 10. The number of nitrogens with one attached hydrogen (secondary N) is 1. The molecule has 0 spiro atoms. The predicted octanol–water partition coefficient (Wildman–Crippen LogP) is 2.87. The zero-order chi connectivity index (χ0) is 33.1. The lowest BCUT2D eigenvalue weighted by molar-refractivity contribution is -0.212. The number of likely N-dealkylation sites (tertiary alicyclic amines) is 2. The number of halogens is 5. The molecule has 47 heavy (non-hydrogen) atoms. The van der Waals surface area contributed by atoms with Crippen molar-refractivity contribution in [1.82, 2.24) is 45.0 Å². The van der Waals surface area contributed by atoms with Crippen molar-refractivity contribution in [3.05, 3.63) is 35.2 Å². The lowest BCUT2D eigenvalue weighted by Crippen LogP contribution is -2.63. The number of nitrogens with zero attached hydrogens (tertiary/aromatic N) is 8. The molecule has 1 atom stereocenters. The van der Waals surface area contributed by atoms with Crippen molar-refractivity contribution >= 4 is 17.6 Å². The van der Waals surface area contributed by atoms with E-state index in [1.54, 1.807) is 13.1 Å². The summed E-state index contributed by atoms with van der Waals surface area (Å²) in [6.45, 7) is 2.97. The first-order chi connectivity index (χ1) is 22.3. The molecule has 3 aliphatic heterocycles. The lowest BCUT2D eigenvalue weighted by Gasteiger charge is -2.49. The second kappa shape index (κ2) is 11.7. The van der Waals surface area contributed by atoms with E-state index in [0.29, 0.717) is 50.5 Å². The molecule has 1 N–H and O–H groups in total. The molecular weight excluding hydrogens is 633 g/mol. The standard InChI is InChI=1S/C29H34F5N9O4/c1-16-22(40-47-39-16)24(44)38-23(17-2-4-28(30,31)5-3-17)20-13-43-26(36-20)37-21(10-35-43)27(6-8-41(9-7-27)19-14-46-15-19)25(45)42-11-18(12-42)29(32,33)34/h10,13,17-19,23H,2-9,11-12,14-15H2,1H3,(H,38,44)/t23-/m0/s1. The van der Waals surface area contributed by atoms with E-state index in [0.717, 1.165) is 0 Å². The molecule has 3 saturated heterocycles. The van der Waals surface area contributed by atoms with Gasteiger partial charge in [-0.2, -0.15) is 18.3 Å². The molecule has 1 aliphatic carbocycles. The Bertz CT molecular complexity index is 1630. The molecule has 0 aromatic carbocycles. The minimum absolute atomic E-state index is 0.0440. The molecular formula is C29H34F5N9O4. The summed E-state index contributed by atoms with van der Waals surface area (Å²) in [5, 5.41) is 14.6. The van der Waals surface area contributed by atoms with Crippen LogP contribution in [0.4, 0.5) is 22.0 Å². The van der Waals surface area contributed by atoms with E-state index >= 15 is 0 Å². The number of aryl methyl sites for hydroxylation is 1. The topological polar surface area (TPSA) is 144 Å². The van der Waals surface area contributed by atoms with Crippen molar-refractivity contribution in [3.8, 4) is 0 Å². The first kappa shape index (κ1) is 31.8. The minimum Gasteiger partial charge on any atom is -0.378 e. The third kappa shape index (κ3) is 5.93. The van der Waals surface area contributed by atoms with Crippen molar-refractivity contribution in [2.75, 3.05) is 39.4 Å². The van der Waals surface area contributed by atoms with Crippen molar-refractivity contribution < 1.29 is 40.9 Å². The van der Waals surface area contributed by atoms with Crippen LogP contribution in [0, 0.1) is 18.8 Å². The number of rotatable bonds is 7. The van der Waals surface area contributed by atoms with Crippen LogP contribution in [-0.4, -0.2) is 109 Å². The summed E-state index contributed by atoms with van der Waals surface area (Å²) in [4.78, 5) is 40.0. The minimum atomic E-state index is -4.38. The Morgan fingerprint density at radius 1 is 1.04 bits per heavy atom. The van der Waals surface area contributed by atoms with Crippen LogP contribution >= 0.6 is 0 Å². The quantitative estimate of drug-likeness (QED) is 0.374. The third-order valence-corrected chi connectivity index (χ3v) is 10.2. The van der Waals surface area contributed by atoms with E-state index in [-0.39, 0.29) is 54.8 Å². The molecule has 3 aromatic heterocycles. The van der Waals surface area contributed by atoms with Gasteiger partial charge in [0.2, 0.25) is 11.8 Å². The van der Waals surface area contributed by atoms with Gasteiger partial charge in [0.1, 0.15) is 5.69 Å². The summed E-state index contributed by atoms with van der Waals surface area (Å²) in [6.07, 6.45) is -1.17. The number of ether oxygens (including phenoxy) is 1. The van der Waals surface area contributed by atoms with Gasteiger partial charge in [-0.15, -0.1) is 0 Å². The molecule has 18 heteroatoms. The maximum atomic E-state index is 14.1. The van der Waals surface area contributed by atoms with Gasteiger partial charge in [0.05, 0.1) is 60.4 Å². The predicted molar refractivity (Wildman–Crippen MR) is 150 cm³/mol. The van der Waals surface area contributed by atoms with Gasteiger partial charge in [0, 0.05) is 39.0 Å². The monoisotopic (exact) mass is 667 g/mol. The highest BCUT2D eigenvalue weighted by atomic mass is 19.4. The summed E-state index contributed by atoms with van der Waals surface area (Å²) >= 11 is 0. The summed E-state index contributed by atoms with van der Waals surface area (Å²) in [5.74, 6) is -5.67. The average Bonchev–Trinajstić information content (AvgIpc) is 3.59. The molecule has 6 heterocycles. The van der Waals surface area contributed by atoms with Crippen molar-refractivity contribution in [1.29, 1.82) is 0 Å². The van der Waals surface area contributed by atoms with Gasteiger partial charge >= 0.3 is 6.18 Å². The number of carbonyl (C=O) groups excluding carboxylic acids is 2. The summed E-state index contributed by atoms with van der Waals surface area (Å²) < 4.78 is 79.4. The van der Waals surface area contributed by atoms with Crippen molar-refractivity contribution in [2.24, 2.45) is 11.8 Å². The molecule has 0 unspecified atom stereocenters. The number of hydrogen-bond donors (Lipinski definition) is 1. The van der Waals surface area contributed by atoms with E-state index in [9.17, 15) is 31.5 Å². The molecule has 7 rings (SSSR count). The largest absolute Gasteiger partial charge is 0.395 e. The zero-order valence-corrected chi connectivity index (χ0v) is 25.5. The smallest absolute Gasteiger partial charge is 0.378 e. The van der Waals surface area contributed by atoms with Crippen LogP contribution in [0.5, 0.6) is 0 Å². The van der Waals surface area contributed by atoms with Crippen LogP contribution in [0.1, 0.15) is 72.1 Å². The molecule has 13 nitrogen and oxygen atoms in total. The second-order valence-corrected chi connectivity index (χ2v) is 13.2. The summed E-state index contributed by atoms with van der Waals surface area (Å²) in [7, 11) is 0. The number of amides is 2.